The third-order valence-corrected chi connectivity index (χ3v) is 5.92. The molecule has 0 radical (unpaired) electrons. The number of rotatable bonds is 9. The Morgan fingerprint density at radius 2 is 1.60 bits per heavy atom. The summed E-state index contributed by atoms with van der Waals surface area (Å²) < 4.78 is 1.97. The minimum atomic E-state index is -0.976. The first-order valence-electron chi connectivity index (χ1n) is 11.5. The minimum Gasteiger partial charge on any atom is -0.481 e. The summed E-state index contributed by atoms with van der Waals surface area (Å²) in [7, 11) is 0. The molecule has 35 heavy (non-hydrogen) atoms. The van der Waals surface area contributed by atoms with E-state index in [1.54, 1.807) is 0 Å². The molecule has 4 rings (SSSR count). The van der Waals surface area contributed by atoms with Gasteiger partial charge in [0, 0.05) is 29.8 Å². The van der Waals surface area contributed by atoms with Gasteiger partial charge in [0.1, 0.15) is 0 Å². The van der Waals surface area contributed by atoms with Crippen molar-refractivity contribution < 1.29 is 19.3 Å². The number of para-hydroxylation sites is 1. The molecule has 6 nitrogen and oxygen atoms in total. The van der Waals surface area contributed by atoms with Crippen molar-refractivity contribution in [3.63, 3.8) is 0 Å². The van der Waals surface area contributed by atoms with Crippen LogP contribution in [-0.2, 0) is 11.3 Å². The maximum Gasteiger partial charge on any atom is 0.303 e. The molecule has 0 aliphatic heterocycles. The standard InChI is InChI=1S/C29H27N3O3/c30-23-14-11-20(12-15-23)10-13-22-18-27(29(35)25(31)16-17-28(33)34)32(19-21-6-2-1-3-7-21)26-9-5-4-8-24(22)26/h1-15,18,25,30H,16-17,19,31H2,(H,33,34)/p+1. The average molecular weight is 467 g/mol. The number of carboxylic acid groups (broad SMARTS) is 1. The molecule has 1 heterocycles. The monoisotopic (exact) mass is 466 g/mol. The molecule has 0 fully saturated rings. The van der Waals surface area contributed by atoms with Gasteiger partial charge >= 0.3 is 5.97 Å². The summed E-state index contributed by atoms with van der Waals surface area (Å²) in [6.45, 7) is 0.482. The van der Waals surface area contributed by atoms with Gasteiger partial charge in [0.15, 0.2) is 6.54 Å². The number of aromatic nitrogens is 1. The van der Waals surface area contributed by atoms with Crippen LogP contribution in [0.25, 0.3) is 23.1 Å². The molecule has 3 aromatic carbocycles. The number of benzene rings is 3. The van der Waals surface area contributed by atoms with Crippen molar-refractivity contribution in [2.45, 2.75) is 25.4 Å². The molecule has 0 amide bonds. The number of hydrogen-bond donors (Lipinski definition) is 3. The lowest BCUT2D eigenvalue weighted by atomic mass is 9.99. The molecule has 0 saturated heterocycles. The summed E-state index contributed by atoms with van der Waals surface area (Å²) in [6, 6.07) is 26.3. The lowest BCUT2D eigenvalue weighted by Gasteiger charge is -2.13. The quantitative estimate of drug-likeness (QED) is 0.193. The van der Waals surface area contributed by atoms with Gasteiger partial charge in [-0.1, -0.05) is 66.7 Å². The summed E-state index contributed by atoms with van der Waals surface area (Å²) in [6.07, 6.45) is 3.85. The number of carbonyl (C=O) groups excluding carboxylic acids is 1. The van der Waals surface area contributed by atoms with Crippen molar-refractivity contribution in [2.75, 3.05) is 5.73 Å². The second-order valence-corrected chi connectivity index (χ2v) is 8.48. The van der Waals surface area contributed by atoms with Gasteiger partial charge in [-0.3, -0.25) is 9.59 Å². The van der Waals surface area contributed by atoms with Crippen LogP contribution in [0.5, 0.6) is 0 Å². The van der Waals surface area contributed by atoms with Crippen molar-refractivity contribution in [3.8, 4) is 0 Å². The number of anilines is 1. The van der Waals surface area contributed by atoms with Crippen LogP contribution in [0.3, 0.4) is 0 Å². The molecule has 0 aliphatic rings. The highest BCUT2D eigenvalue weighted by Gasteiger charge is 2.29. The maximum absolute atomic E-state index is 13.5. The van der Waals surface area contributed by atoms with Gasteiger partial charge in [-0.25, -0.2) is 0 Å². The molecule has 0 aliphatic carbocycles. The molecule has 1 unspecified atom stereocenters. The Morgan fingerprint density at radius 3 is 2.31 bits per heavy atom. The van der Waals surface area contributed by atoms with Gasteiger partial charge in [-0.2, -0.15) is 4.57 Å². The van der Waals surface area contributed by atoms with Crippen LogP contribution in [0.1, 0.15) is 40.0 Å². The zero-order valence-electron chi connectivity index (χ0n) is 19.3. The number of carboxylic acids is 1. The van der Waals surface area contributed by atoms with Crippen LogP contribution >= 0.6 is 0 Å². The molecule has 1 atom stereocenters. The number of pyridine rings is 1. The van der Waals surface area contributed by atoms with Crippen molar-refractivity contribution in [3.05, 3.63) is 107 Å². The lowest BCUT2D eigenvalue weighted by molar-refractivity contribution is -0.664. The SMILES string of the molecule is Nc1ccc(C=Cc2cc(C(=O)C(N)CCC(=O)O)[n+](Cc3ccccc3)c3ccccc23)cc1. The highest BCUT2D eigenvalue weighted by Crippen LogP contribution is 2.22. The fourth-order valence-electron chi connectivity index (χ4n) is 4.06. The van der Waals surface area contributed by atoms with Crippen LogP contribution in [-0.4, -0.2) is 22.9 Å². The van der Waals surface area contributed by atoms with E-state index in [1.807, 2.05) is 102 Å². The largest absolute Gasteiger partial charge is 0.481 e. The van der Waals surface area contributed by atoms with Crippen molar-refractivity contribution in [1.82, 2.24) is 0 Å². The molecule has 0 bridgehead atoms. The Morgan fingerprint density at radius 1 is 0.914 bits per heavy atom. The Labute approximate surface area is 204 Å². The van der Waals surface area contributed by atoms with Crippen LogP contribution in [0, 0.1) is 0 Å². The normalized spacial score (nSPS) is 12.1. The summed E-state index contributed by atoms with van der Waals surface area (Å²) in [5.74, 6) is -1.26. The highest BCUT2D eigenvalue weighted by molar-refractivity contribution is 6.00. The first-order valence-corrected chi connectivity index (χ1v) is 11.5. The maximum atomic E-state index is 13.5. The van der Waals surface area contributed by atoms with E-state index in [-0.39, 0.29) is 18.6 Å². The number of ketones is 1. The van der Waals surface area contributed by atoms with E-state index < -0.39 is 12.0 Å². The number of carbonyl (C=O) groups is 2. The summed E-state index contributed by atoms with van der Waals surface area (Å²) in [5.41, 5.74) is 16.9. The van der Waals surface area contributed by atoms with Crippen molar-refractivity contribution in [1.29, 1.82) is 0 Å². The molecular formula is C29H28N3O3+. The van der Waals surface area contributed by atoms with Gasteiger partial charge in [-0.05, 0) is 35.7 Å². The van der Waals surface area contributed by atoms with E-state index >= 15 is 0 Å². The van der Waals surface area contributed by atoms with E-state index in [4.69, 9.17) is 16.6 Å². The zero-order chi connectivity index (χ0) is 24.8. The van der Waals surface area contributed by atoms with Gasteiger partial charge < -0.3 is 16.6 Å². The number of nitrogens with two attached hydrogens (primary N) is 2. The van der Waals surface area contributed by atoms with Gasteiger partial charge in [0.05, 0.1) is 11.4 Å². The Kier molecular flexibility index (Phi) is 7.33. The average Bonchev–Trinajstić information content (AvgIpc) is 2.87. The summed E-state index contributed by atoms with van der Waals surface area (Å²) in [4.78, 5) is 24.6. The minimum absolute atomic E-state index is 0.0724. The van der Waals surface area contributed by atoms with Crippen molar-refractivity contribution in [2.24, 2.45) is 5.73 Å². The smallest absolute Gasteiger partial charge is 0.303 e. The van der Waals surface area contributed by atoms with Crippen molar-refractivity contribution >= 4 is 40.5 Å². The zero-order valence-corrected chi connectivity index (χ0v) is 19.3. The Hall–Kier alpha value is -4.29. The molecule has 5 N–H and O–H groups in total. The molecule has 176 valence electrons. The van der Waals surface area contributed by atoms with E-state index in [2.05, 4.69) is 0 Å². The number of Topliss-reactive ketones (excluding diaryl/α,β-unsaturated/α-hetero) is 1. The fourth-order valence-corrected chi connectivity index (χ4v) is 4.06. The lowest BCUT2D eigenvalue weighted by Crippen LogP contribution is -2.46. The fraction of sp³-hybridized carbons (Fsp3) is 0.138. The molecule has 4 aromatic rings. The van der Waals surface area contributed by atoms with Crippen LogP contribution in [0.4, 0.5) is 5.69 Å². The van der Waals surface area contributed by atoms with E-state index in [0.717, 1.165) is 27.6 Å². The Bertz CT molecular complexity index is 1380. The summed E-state index contributed by atoms with van der Waals surface area (Å²) >= 11 is 0. The number of aliphatic carboxylic acids is 1. The molecule has 0 saturated carbocycles. The third-order valence-electron chi connectivity index (χ3n) is 5.92. The number of hydrogen-bond acceptors (Lipinski definition) is 4. The van der Waals surface area contributed by atoms with E-state index in [0.29, 0.717) is 17.9 Å². The van der Waals surface area contributed by atoms with Gasteiger partial charge in [0.25, 0.3) is 5.69 Å². The highest BCUT2D eigenvalue weighted by atomic mass is 16.4. The van der Waals surface area contributed by atoms with E-state index in [1.165, 1.54) is 0 Å². The topological polar surface area (TPSA) is 110 Å². The first kappa shape index (κ1) is 23.9. The number of nitrogen functional groups attached to an aromatic ring is 1. The number of fused-ring (bicyclic) bond motifs is 1. The van der Waals surface area contributed by atoms with Crippen LogP contribution < -0.4 is 16.0 Å². The molecular weight excluding hydrogens is 438 g/mol. The third kappa shape index (κ3) is 5.80. The molecule has 1 aromatic heterocycles. The first-order chi connectivity index (χ1) is 16.9. The van der Waals surface area contributed by atoms with E-state index in [9.17, 15) is 9.59 Å². The molecule has 0 spiro atoms. The van der Waals surface area contributed by atoms with Gasteiger partial charge in [-0.15, -0.1) is 0 Å². The predicted octanol–water partition coefficient (Wildman–Crippen LogP) is 4.30. The second kappa shape index (κ2) is 10.8. The number of nitrogens with zero attached hydrogens (tertiary/aromatic N) is 1. The second-order valence-electron chi connectivity index (χ2n) is 8.48. The molecule has 6 heteroatoms. The van der Waals surface area contributed by atoms with Gasteiger partial charge in [0.2, 0.25) is 11.3 Å². The van der Waals surface area contributed by atoms with Crippen LogP contribution in [0.2, 0.25) is 0 Å². The Balaban J connectivity index is 1.84. The summed E-state index contributed by atoms with van der Waals surface area (Å²) in [5, 5.41) is 10.0. The van der Waals surface area contributed by atoms with Crippen LogP contribution in [0.15, 0.2) is 84.9 Å². The predicted molar refractivity (Wildman–Crippen MR) is 139 cm³/mol.